The summed E-state index contributed by atoms with van der Waals surface area (Å²) >= 11 is 0. The van der Waals surface area contributed by atoms with Gasteiger partial charge in [-0.2, -0.15) is 0 Å². The summed E-state index contributed by atoms with van der Waals surface area (Å²) in [6.07, 6.45) is 0.240. The molecule has 0 spiro atoms. The number of hydrogen-bond acceptors (Lipinski definition) is 8. The molecule has 1 aliphatic heterocycles. The van der Waals surface area contributed by atoms with E-state index in [1.54, 1.807) is 32.2 Å². The molecule has 0 amide bonds. The zero-order valence-electron chi connectivity index (χ0n) is 21.6. The Labute approximate surface area is 222 Å². The Kier molecular flexibility index (Phi) is 7.38. The zero-order chi connectivity index (χ0) is 27.7. The highest BCUT2D eigenvalue weighted by Crippen LogP contribution is 2.32. The van der Waals surface area contributed by atoms with Crippen molar-refractivity contribution in [3.05, 3.63) is 75.8 Å². The fourth-order valence-electron chi connectivity index (χ4n) is 4.64. The van der Waals surface area contributed by atoms with Crippen LogP contribution in [0.15, 0.2) is 47.5 Å². The van der Waals surface area contributed by atoms with Crippen molar-refractivity contribution in [2.75, 3.05) is 43.7 Å². The molecule has 1 fully saturated rings. The highest BCUT2D eigenvalue weighted by molar-refractivity contribution is 5.98. The van der Waals surface area contributed by atoms with Crippen LogP contribution in [0.1, 0.15) is 36.3 Å². The Morgan fingerprint density at radius 1 is 1.10 bits per heavy atom. The summed E-state index contributed by atoms with van der Waals surface area (Å²) in [7, 11) is 1.50. The summed E-state index contributed by atoms with van der Waals surface area (Å²) in [4.78, 5) is 27.3. The molecule has 1 aromatic carbocycles. The van der Waals surface area contributed by atoms with Gasteiger partial charge in [0.25, 0.3) is 12.0 Å². The fourth-order valence-corrected chi connectivity index (χ4v) is 4.64. The number of hydrogen-bond donors (Lipinski definition) is 1. The number of nitrogens with one attached hydrogen (secondary N) is 1. The van der Waals surface area contributed by atoms with Crippen LogP contribution >= 0.6 is 0 Å². The highest BCUT2D eigenvalue weighted by Gasteiger charge is 2.24. The van der Waals surface area contributed by atoms with Crippen molar-refractivity contribution in [1.29, 1.82) is 0 Å². The summed E-state index contributed by atoms with van der Waals surface area (Å²) in [5.74, 6) is 0.113. The quantitative estimate of drug-likeness (QED) is 0.369. The summed E-state index contributed by atoms with van der Waals surface area (Å²) in [5, 5.41) is 5.53. The van der Waals surface area contributed by atoms with Gasteiger partial charge in [-0.1, -0.05) is 18.2 Å². The maximum Gasteiger partial charge on any atom is 0.279 e. The molecule has 12 heteroatoms. The summed E-state index contributed by atoms with van der Waals surface area (Å²) in [5.41, 5.74) is 0.311. The normalized spacial score (nSPS) is 14.6. The molecule has 0 aliphatic carbocycles. The number of anilines is 1. The molecule has 3 aromatic heterocycles. The molecular weight excluding hydrogens is 513 g/mol. The van der Waals surface area contributed by atoms with Gasteiger partial charge in [-0.15, -0.1) is 0 Å². The fraction of sp³-hybridized carbons (Fsp3) is 0.333. The predicted molar refractivity (Wildman–Crippen MR) is 140 cm³/mol. The van der Waals surface area contributed by atoms with E-state index in [-0.39, 0.29) is 11.1 Å². The average molecular weight is 541 g/mol. The van der Waals surface area contributed by atoms with E-state index >= 15 is 0 Å². The lowest BCUT2D eigenvalue weighted by Crippen LogP contribution is -2.49. The first kappa shape index (κ1) is 26.4. The van der Waals surface area contributed by atoms with Gasteiger partial charge in [0.1, 0.15) is 17.5 Å². The number of pyridine rings is 2. The molecule has 204 valence electrons. The summed E-state index contributed by atoms with van der Waals surface area (Å²) < 4.78 is 53.7. The standard InChI is InChI=1S/C27H27F3N6O3/c1-15(18-5-4-6-19(23(18)28)25(29)30)32-26-20-14-36(35-9-11-39-12-10-35)27(37)22(24(20)33-16(2)34-26)17-7-8-21(38-3)31-13-17/h4-8,13-15,25H,9-12H2,1-3H3,(H,32,33,34)/t15-/m1/s1. The molecule has 9 nitrogen and oxygen atoms in total. The Bertz CT molecular complexity index is 1560. The third-order valence-electron chi connectivity index (χ3n) is 6.61. The molecule has 0 radical (unpaired) electrons. The monoisotopic (exact) mass is 540 g/mol. The van der Waals surface area contributed by atoms with Crippen molar-refractivity contribution < 1.29 is 22.6 Å². The molecule has 1 saturated heterocycles. The van der Waals surface area contributed by atoms with E-state index in [1.165, 1.54) is 30.1 Å². The minimum absolute atomic E-state index is 0.0679. The Morgan fingerprint density at radius 2 is 1.85 bits per heavy atom. The van der Waals surface area contributed by atoms with Gasteiger partial charge < -0.3 is 19.8 Å². The molecule has 0 saturated carbocycles. The van der Waals surface area contributed by atoms with Gasteiger partial charge in [0.05, 0.1) is 61.5 Å². The summed E-state index contributed by atoms with van der Waals surface area (Å²) in [6, 6.07) is 6.57. The predicted octanol–water partition coefficient (Wildman–Crippen LogP) is 4.39. The second kappa shape index (κ2) is 10.9. The number of ether oxygens (including phenoxy) is 2. The number of methoxy groups -OCH3 is 1. The number of benzene rings is 1. The second-order valence-electron chi connectivity index (χ2n) is 9.11. The third-order valence-corrected chi connectivity index (χ3v) is 6.61. The molecule has 0 bridgehead atoms. The Hall–Kier alpha value is -4.19. The number of fused-ring (bicyclic) bond motifs is 1. The number of halogens is 3. The summed E-state index contributed by atoms with van der Waals surface area (Å²) in [6.45, 7) is 5.22. The number of rotatable bonds is 7. The maximum atomic E-state index is 14.9. The van der Waals surface area contributed by atoms with Gasteiger partial charge in [-0.05, 0) is 19.9 Å². The molecule has 0 unspecified atom stereocenters. The lowest BCUT2D eigenvalue weighted by Gasteiger charge is -2.31. The Morgan fingerprint density at radius 3 is 2.51 bits per heavy atom. The van der Waals surface area contributed by atoms with Crippen molar-refractivity contribution in [2.24, 2.45) is 0 Å². The van der Waals surface area contributed by atoms with Crippen LogP contribution in [0.25, 0.3) is 22.0 Å². The second-order valence-corrected chi connectivity index (χ2v) is 9.11. The number of aryl methyl sites for hydroxylation is 1. The van der Waals surface area contributed by atoms with Gasteiger partial charge in [-0.25, -0.2) is 32.8 Å². The van der Waals surface area contributed by atoms with Crippen LogP contribution in [-0.4, -0.2) is 53.0 Å². The molecular formula is C27H27F3N6O3. The van der Waals surface area contributed by atoms with Crippen LogP contribution in [-0.2, 0) is 4.74 Å². The molecule has 1 atom stereocenters. The van der Waals surface area contributed by atoms with Crippen molar-refractivity contribution in [1.82, 2.24) is 19.6 Å². The van der Waals surface area contributed by atoms with Crippen molar-refractivity contribution in [2.45, 2.75) is 26.3 Å². The van der Waals surface area contributed by atoms with Crippen LogP contribution < -0.4 is 20.6 Å². The van der Waals surface area contributed by atoms with Crippen molar-refractivity contribution >= 4 is 16.7 Å². The number of morpholine rings is 1. The lowest BCUT2D eigenvalue weighted by molar-refractivity contribution is 0.111. The number of nitrogens with zero attached hydrogens (tertiary/aromatic N) is 5. The zero-order valence-corrected chi connectivity index (χ0v) is 21.6. The minimum atomic E-state index is -2.94. The SMILES string of the molecule is COc1ccc(-c2c(=O)n(N3CCOCC3)cc3c(N[C@H](C)c4cccc(C(F)F)c4F)nc(C)nc23)cn1. The van der Waals surface area contributed by atoms with Crippen molar-refractivity contribution in [3.8, 4) is 17.0 Å². The smallest absolute Gasteiger partial charge is 0.279 e. The van der Waals surface area contributed by atoms with Crippen LogP contribution in [0.4, 0.5) is 19.0 Å². The van der Waals surface area contributed by atoms with E-state index < -0.39 is 23.8 Å². The van der Waals surface area contributed by atoms with E-state index in [2.05, 4.69) is 20.3 Å². The first-order chi connectivity index (χ1) is 18.8. The van der Waals surface area contributed by atoms with E-state index in [1.807, 2.05) is 5.01 Å². The third kappa shape index (κ3) is 5.11. The van der Waals surface area contributed by atoms with Gasteiger partial charge in [0.15, 0.2) is 0 Å². The van der Waals surface area contributed by atoms with Crippen LogP contribution in [0, 0.1) is 12.7 Å². The van der Waals surface area contributed by atoms with Gasteiger partial charge >= 0.3 is 0 Å². The molecule has 1 N–H and O–H groups in total. The van der Waals surface area contributed by atoms with Gasteiger partial charge in [0.2, 0.25) is 5.88 Å². The topological polar surface area (TPSA) is 94.4 Å². The Balaban J connectivity index is 1.69. The maximum absolute atomic E-state index is 14.9. The van der Waals surface area contributed by atoms with Crippen LogP contribution in [0.5, 0.6) is 5.88 Å². The van der Waals surface area contributed by atoms with E-state index in [0.29, 0.717) is 65.9 Å². The molecule has 4 heterocycles. The van der Waals surface area contributed by atoms with E-state index in [4.69, 9.17) is 9.47 Å². The van der Waals surface area contributed by atoms with Gasteiger partial charge in [0, 0.05) is 29.6 Å². The van der Waals surface area contributed by atoms with E-state index in [0.717, 1.165) is 6.07 Å². The number of alkyl halides is 2. The largest absolute Gasteiger partial charge is 0.481 e. The van der Waals surface area contributed by atoms with Crippen molar-refractivity contribution in [3.63, 3.8) is 0 Å². The molecule has 1 aliphatic rings. The van der Waals surface area contributed by atoms with E-state index in [9.17, 15) is 18.0 Å². The molecule has 4 aromatic rings. The molecule has 5 rings (SSSR count). The molecule has 39 heavy (non-hydrogen) atoms. The lowest BCUT2D eigenvalue weighted by atomic mass is 10.0. The number of aromatic nitrogens is 4. The first-order valence-electron chi connectivity index (χ1n) is 12.4. The first-order valence-corrected chi connectivity index (χ1v) is 12.4. The highest BCUT2D eigenvalue weighted by atomic mass is 19.3. The van der Waals surface area contributed by atoms with Crippen LogP contribution in [0.2, 0.25) is 0 Å². The minimum Gasteiger partial charge on any atom is -0.481 e. The average Bonchev–Trinajstić information content (AvgIpc) is 2.93. The van der Waals surface area contributed by atoms with Gasteiger partial charge in [-0.3, -0.25) is 4.79 Å². The van der Waals surface area contributed by atoms with Crippen LogP contribution in [0.3, 0.4) is 0 Å².